The molecule has 0 aromatic rings. The number of nitrogens with zero attached hydrogens (tertiary/aromatic N) is 1. The second-order valence-corrected chi connectivity index (χ2v) is 4.63. The van der Waals surface area contributed by atoms with Crippen LogP contribution >= 0.6 is 0 Å². The summed E-state index contributed by atoms with van der Waals surface area (Å²) in [5.41, 5.74) is 0. The van der Waals surface area contributed by atoms with Gasteiger partial charge in [-0.15, -0.1) is 0 Å². The topological polar surface area (TPSA) is 29.3 Å². The lowest BCUT2D eigenvalue weighted by atomic mass is 10.1. The molecule has 0 amide bonds. The molecule has 0 aliphatic rings. The minimum atomic E-state index is 0.809. The fraction of sp³-hybridized carbons (Fsp3) is 1.00. The highest BCUT2D eigenvalue weighted by molar-refractivity contribution is 4.52. The molecule has 0 saturated carbocycles. The zero-order valence-corrected chi connectivity index (χ0v) is 10.3. The molecule has 0 saturated heterocycles. The van der Waals surface area contributed by atoms with Gasteiger partial charge in [0, 0.05) is 13.1 Å². The van der Waals surface area contributed by atoms with Gasteiger partial charge in [0.05, 0.1) is 0 Å². The minimum Gasteiger partial charge on any atom is -0.269 e. The van der Waals surface area contributed by atoms with Crippen LogP contribution in [0.25, 0.3) is 0 Å². The van der Waals surface area contributed by atoms with E-state index >= 15 is 0 Å². The molecule has 0 spiro atoms. The number of hydrogen-bond acceptors (Lipinski definition) is 2. The van der Waals surface area contributed by atoms with Crippen LogP contribution in [-0.4, -0.2) is 18.1 Å². The van der Waals surface area contributed by atoms with E-state index in [4.69, 9.17) is 5.84 Å². The summed E-state index contributed by atoms with van der Waals surface area (Å²) < 4.78 is 0. The second kappa shape index (κ2) is 9.47. The van der Waals surface area contributed by atoms with Gasteiger partial charge in [0.2, 0.25) is 0 Å². The molecule has 2 N–H and O–H groups in total. The van der Waals surface area contributed by atoms with Gasteiger partial charge in [-0.2, -0.15) is 0 Å². The summed E-state index contributed by atoms with van der Waals surface area (Å²) in [4.78, 5) is 0. The van der Waals surface area contributed by atoms with E-state index in [2.05, 4.69) is 20.8 Å². The summed E-state index contributed by atoms with van der Waals surface area (Å²) in [7, 11) is 0. The molecule has 14 heavy (non-hydrogen) atoms. The molecule has 0 aromatic heterocycles. The van der Waals surface area contributed by atoms with Crippen molar-refractivity contribution >= 4 is 0 Å². The van der Waals surface area contributed by atoms with Crippen LogP contribution in [0, 0.1) is 5.92 Å². The molecule has 86 valence electrons. The Bertz CT molecular complexity index is 113. The molecule has 0 radical (unpaired) electrons. The van der Waals surface area contributed by atoms with Crippen molar-refractivity contribution in [1.82, 2.24) is 5.01 Å². The standard InChI is InChI=1S/C12H28N2/c1-4-5-6-7-10-14(13)11-8-9-12(2)3/h12H,4-11,13H2,1-3H3. The normalized spacial score (nSPS) is 11.6. The quantitative estimate of drug-likeness (QED) is 0.352. The second-order valence-electron chi connectivity index (χ2n) is 4.63. The van der Waals surface area contributed by atoms with Crippen molar-refractivity contribution in [3.8, 4) is 0 Å². The van der Waals surface area contributed by atoms with Gasteiger partial charge in [-0.05, 0) is 25.2 Å². The van der Waals surface area contributed by atoms with Crippen molar-refractivity contribution in [2.24, 2.45) is 11.8 Å². The summed E-state index contributed by atoms with van der Waals surface area (Å²) in [6.45, 7) is 8.90. The first kappa shape index (κ1) is 13.9. The largest absolute Gasteiger partial charge is 0.269 e. The maximum atomic E-state index is 5.88. The van der Waals surface area contributed by atoms with Gasteiger partial charge < -0.3 is 0 Å². The molecule has 2 nitrogen and oxygen atoms in total. The predicted octanol–water partition coefficient (Wildman–Crippen LogP) is 3.18. The zero-order chi connectivity index (χ0) is 10.8. The molecular formula is C12H28N2. The Kier molecular flexibility index (Phi) is 9.42. The first-order valence-corrected chi connectivity index (χ1v) is 6.16. The monoisotopic (exact) mass is 200 g/mol. The number of hydrogen-bond donors (Lipinski definition) is 1. The van der Waals surface area contributed by atoms with Crippen molar-refractivity contribution in [2.45, 2.75) is 59.3 Å². The Balaban J connectivity index is 3.15. The molecule has 0 aliphatic heterocycles. The molecule has 0 fully saturated rings. The van der Waals surface area contributed by atoms with Crippen molar-refractivity contribution in [1.29, 1.82) is 0 Å². The van der Waals surface area contributed by atoms with Gasteiger partial charge in [-0.1, -0.05) is 40.0 Å². The van der Waals surface area contributed by atoms with E-state index in [1.807, 2.05) is 5.01 Å². The fourth-order valence-electron chi connectivity index (χ4n) is 1.56. The Morgan fingerprint density at radius 3 is 2.21 bits per heavy atom. The third-order valence-electron chi connectivity index (χ3n) is 2.53. The highest BCUT2D eigenvalue weighted by Crippen LogP contribution is 2.04. The smallest absolute Gasteiger partial charge is 0.0128 e. The molecule has 0 rings (SSSR count). The number of hydrazine groups is 1. The molecule has 0 bridgehead atoms. The highest BCUT2D eigenvalue weighted by atomic mass is 15.4. The van der Waals surface area contributed by atoms with Crippen LogP contribution in [0.1, 0.15) is 59.3 Å². The highest BCUT2D eigenvalue weighted by Gasteiger charge is 1.99. The Labute approximate surface area is 89.8 Å². The number of nitrogens with two attached hydrogens (primary N) is 1. The third-order valence-corrected chi connectivity index (χ3v) is 2.53. The molecule has 0 aliphatic carbocycles. The van der Waals surface area contributed by atoms with Crippen LogP contribution in [0.3, 0.4) is 0 Å². The first-order valence-electron chi connectivity index (χ1n) is 6.16. The van der Waals surface area contributed by atoms with Crippen LogP contribution in [0.5, 0.6) is 0 Å². The minimum absolute atomic E-state index is 0.809. The van der Waals surface area contributed by atoms with Gasteiger partial charge in [-0.25, -0.2) is 5.01 Å². The van der Waals surface area contributed by atoms with E-state index in [1.54, 1.807) is 0 Å². The molecule has 0 heterocycles. The van der Waals surface area contributed by atoms with Gasteiger partial charge >= 0.3 is 0 Å². The van der Waals surface area contributed by atoms with Crippen molar-refractivity contribution in [3.05, 3.63) is 0 Å². The van der Waals surface area contributed by atoms with Crippen LogP contribution < -0.4 is 5.84 Å². The summed E-state index contributed by atoms with van der Waals surface area (Å²) in [5.74, 6) is 6.68. The van der Waals surface area contributed by atoms with Crippen LogP contribution in [0.4, 0.5) is 0 Å². The van der Waals surface area contributed by atoms with E-state index in [9.17, 15) is 0 Å². The fourth-order valence-corrected chi connectivity index (χ4v) is 1.56. The lowest BCUT2D eigenvalue weighted by Crippen LogP contribution is -2.33. The van der Waals surface area contributed by atoms with Crippen molar-refractivity contribution < 1.29 is 0 Å². The summed E-state index contributed by atoms with van der Waals surface area (Å²) in [6, 6.07) is 0. The molecular weight excluding hydrogens is 172 g/mol. The van der Waals surface area contributed by atoms with Crippen LogP contribution in [0.2, 0.25) is 0 Å². The molecule has 0 unspecified atom stereocenters. The summed E-state index contributed by atoms with van der Waals surface area (Å²) >= 11 is 0. The van der Waals surface area contributed by atoms with Gasteiger partial charge in [0.1, 0.15) is 0 Å². The predicted molar refractivity (Wildman–Crippen MR) is 64.0 cm³/mol. The third kappa shape index (κ3) is 10.0. The van der Waals surface area contributed by atoms with Crippen molar-refractivity contribution in [3.63, 3.8) is 0 Å². The maximum absolute atomic E-state index is 5.88. The first-order chi connectivity index (χ1) is 6.66. The van der Waals surface area contributed by atoms with E-state index in [1.165, 1.54) is 38.5 Å². The maximum Gasteiger partial charge on any atom is 0.0128 e. The lowest BCUT2D eigenvalue weighted by Gasteiger charge is -2.16. The van der Waals surface area contributed by atoms with E-state index in [-0.39, 0.29) is 0 Å². The number of unbranched alkanes of at least 4 members (excludes halogenated alkanes) is 3. The Morgan fingerprint density at radius 2 is 1.64 bits per heavy atom. The lowest BCUT2D eigenvalue weighted by molar-refractivity contribution is 0.265. The SMILES string of the molecule is CCCCCCN(N)CCCC(C)C. The average Bonchev–Trinajstić information content (AvgIpc) is 2.12. The van der Waals surface area contributed by atoms with Gasteiger partial charge in [0.25, 0.3) is 0 Å². The average molecular weight is 200 g/mol. The van der Waals surface area contributed by atoms with E-state index in [0.717, 1.165) is 19.0 Å². The van der Waals surface area contributed by atoms with Gasteiger partial charge in [-0.3, -0.25) is 5.84 Å². The Morgan fingerprint density at radius 1 is 1.00 bits per heavy atom. The summed E-state index contributed by atoms with van der Waals surface area (Å²) in [6.07, 6.45) is 7.77. The van der Waals surface area contributed by atoms with Crippen molar-refractivity contribution in [2.75, 3.05) is 13.1 Å². The summed E-state index contributed by atoms with van der Waals surface area (Å²) in [5, 5.41) is 1.98. The Hall–Kier alpha value is -0.0800. The van der Waals surface area contributed by atoms with E-state index < -0.39 is 0 Å². The van der Waals surface area contributed by atoms with Crippen LogP contribution in [0.15, 0.2) is 0 Å². The molecule has 2 heteroatoms. The van der Waals surface area contributed by atoms with Crippen LogP contribution in [-0.2, 0) is 0 Å². The van der Waals surface area contributed by atoms with Gasteiger partial charge in [0.15, 0.2) is 0 Å². The zero-order valence-electron chi connectivity index (χ0n) is 10.3. The van der Waals surface area contributed by atoms with E-state index in [0.29, 0.717) is 0 Å². The molecule has 0 atom stereocenters. The molecule has 0 aromatic carbocycles. The number of rotatable bonds is 9.